The summed E-state index contributed by atoms with van der Waals surface area (Å²) in [6.07, 6.45) is 1.59. The quantitative estimate of drug-likeness (QED) is 0.754. The first kappa shape index (κ1) is 14.2. The van der Waals surface area contributed by atoms with Gasteiger partial charge in [-0.1, -0.05) is 0 Å². The van der Waals surface area contributed by atoms with Crippen LogP contribution in [0.25, 0.3) is 4.96 Å². The van der Waals surface area contributed by atoms with E-state index in [-0.39, 0.29) is 12.1 Å². The van der Waals surface area contributed by atoms with Crippen molar-refractivity contribution in [3.63, 3.8) is 0 Å². The summed E-state index contributed by atoms with van der Waals surface area (Å²) in [4.78, 5) is 39.0. The SMILES string of the molecule is O=C(O)CN(CC(=O)O)Cc1cc(=O)n2ccsc2n1. The molecule has 8 nitrogen and oxygen atoms in total. The Hall–Kier alpha value is -2.26. The van der Waals surface area contributed by atoms with Crippen LogP contribution in [0.15, 0.2) is 22.4 Å². The number of rotatable bonds is 6. The minimum atomic E-state index is -1.14. The van der Waals surface area contributed by atoms with Crippen molar-refractivity contribution in [3.8, 4) is 0 Å². The van der Waals surface area contributed by atoms with Crippen molar-refractivity contribution >= 4 is 28.2 Å². The van der Waals surface area contributed by atoms with E-state index in [1.807, 2.05) is 0 Å². The normalized spacial score (nSPS) is 11.1. The number of hydrogen-bond acceptors (Lipinski definition) is 6. The van der Waals surface area contributed by atoms with E-state index in [4.69, 9.17) is 10.2 Å². The Balaban J connectivity index is 2.25. The van der Waals surface area contributed by atoms with Gasteiger partial charge in [-0.2, -0.15) is 0 Å². The van der Waals surface area contributed by atoms with E-state index in [1.54, 1.807) is 11.6 Å². The van der Waals surface area contributed by atoms with Gasteiger partial charge in [0.25, 0.3) is 5.56 Å². The molecule has 0 unspecified atom stereocenters. The number of carboxylic acids is 2. The largest absolute Gasteiger partial charge is 0.480 e. The van der Waals surface area contributed by atoms with E-state index >= 15 is 0 Å². The highest BCUT2D eigenvalue weighted by molar-refractivity contribution is 7.15. The summed E-state index contributed by atoms with van der Waals surface area (Å²) in [5, 5.41) is 19.2. The van der Waals surface area contributed by atoms with E-state index in [1.165, 1.54) is 26.7 Å². The Bertz CT molecular complexity index is 691. The zero-order valence-electron chi connectivity index (χ0n) is 10.2. The van der Waals surface area contributed by atoms with Gasteiger partial charge in [0.1, 0.15) is 0 Å². The monoisotopic (exact) mass is 297 g/mol. The predicted octanol–water partition coefficient (Wildman–Crippen LogP) is -0.273. The maximum absolute atomic E-state index is 11.8. The number of nitrogens with zero attached hydrogens (tertiary/aromatic N) is 3. The fraction of sp³-hybridized carbons (Fsp3) is 0.273. The van der Waals surface area contributed by atoms with E-state index in [9.17, 15) is 14.4 Å². The molecule has 106 valence electrons. The van der Waals surface area contributed by atoms with Crippen LogP contribution in [0.3, 0.4) is 0 Å². The van der Waals surface area contributed by atoms with Crippen molar-refractivity contribution in [2.75, 3.05) is 13.1 Å². The van der Waals surface area contributed by atoms with Crippen molar-refractivity contribution in [1.82, 2.24) is 14.3 Å². The molecule has 9 heteroatoms. The summed E-state index contributed by atoms with van der Waals surface area (Å²) in [5.74, 6) is -2.28. The zero-order chi connectivity index (χ0) is 14.7. The van der Waals surface area contributed by atoms with Crippen LogP contribution in [0.4, 0.5) is 0 Å². The molecule has 0 aromatic carbocycles. The predicted molar refractivity (Wildman–Crippen MR) is 69.9 cm³/mol. The van der Waals surface area contributed by atoms with Crippen molar-refractivity contribution in [1.29, 1.82) is 0 Å². The van der Waals surface area contributed by atoms with E-state index in [0.29, 0.717) is 10.7 Å². The van der Waals surface area contributed by atoms with Crippen LogP contribution in [0.5, 0.6) is 0 Å². The Morgan fingerprint density at radius 1 is 1.30 bits per heavy atom. The second-order valence-corrected chi connectivity index (χ2v) is 4.95. The van der Waals surface area contributed by atoms with Gasteiger partial charge in [0.05, 0.1) is 18.8 Å². The number of carboxylic acid groups (broad SMARTS) is 2. The molecule has 2 aromatic heterocycles. The van der Waals surface area contributed by atoms with Gasteiger partial charge in [0, 0.05) is 24.2 Å². The lowest BCUT2D eigenvalue weighted by molar-refractivity contribution is -0.142. The molecule has 0 fully saturated rings. The van der Waals surface area contributed by atoms with Gasteiger partial charge in [-0.15, -0.1) is 11.3 Å². The van der Waals surface area contributed by atoms with Crippen LogP contribution < -0.4 is 5.56 Å². The number of hydrogen-bond donors (Lipinski definition) is 2. The van der Waals surface area contributed by atoms with Gasteiger partial charge in [0.15, 0.2) is 4.96 Å². The van der Waals surface area contributed by atoms with Crippen LogP contribution in [-0.2, 0) is 16.1 Å². The van der Waals surface area contributed by atoms with Gasteiger partial charge in [-0.25, -0.2) is 4.98 Å². The zero-order valence-corrected chi connectivity index (χ0v) is 11.0. The smallest absolute Gasteiger partial charge is 0.317 e. The van der Waals surface area contributed by atoms with E-state index in [2.05, 4.69) is 4.98 Å². The maximum atomic E-state index is 11.8. The van der Waals surface area contributed by atoms with Crippen LogP contribution in [0.1, 0.15) is 5.69 Å². The third-order valence-corrected chi connectivity index (χ3v) is 3.22. The third kappa shape index (κ3) is 3.39. The molecule has 0 radical (unpaired) electrons. The minimum absolute atomic E-state index is 0.0117. The molecule has 0 aliphatic carbocycles. The number of fused-ring (bicyclic) bond motifs is 1. The Morgan fingerprint density at radius 2 is 1.95 bits per heavy atom. The molecule has 0 atom stereocenters. The average molecular weight is 297 g/mol. The van der Waals surface area contributed by atoms with Gasteiger partial charge in [0.2, 0.25) is 0 Å². The van der Waals surface area contributed by atoms with Gasteiger partial charge >= 0.3 is 11.9 Å². The first-order valence-corrected chi connectivity index (χ1v) is 6.45. The minimum Gasteiger partial charge on any atom is -0.480 e. The van der Waals surface area contributed by atoms with Gasteiger partial charge in [-0.05, 0) is 0 Å². The molecule has 0 saturated carbocycles. The van der Waals surface area contributed by atoms with Crippen molar-refractivity contribution in [2.24, 2.45) is 0 Å². The molecule has 2 aromatic rings. The van der Waals surface area contributed by atoms with E-state index < -0.39 is 25.0 Å². The van der Waals surface area contributed by atoms with Crippen molar-refractivity contribution in [2.45, 2.75) is 6.54 Å². The third-order valence-electron chi connectivity index (χ3n) is 2.46. The number of aromatic nitrogens is 2. The lowest BCUT2D eigenvalue weighted by Crippen LogP contribution is -2.34. The lowest BCUT2D eigenvalue weighted by Gasteiger charge is -2.17. The topological polar surface area (TPSA) is 112 Å². The number of thiazole rings is 1. The molecule has 0 aliphatic heterocycles. The first-order valence-electron chi connectivity index (χ1n) is 5.57. The fourth-order valence-electron chi connectivity index (χ4n) is 1.75. The summed E-state index contributed by atoms with van der Waals surface area (Å²) in [6, 6.07) is 1.27. The molecule has 0 amide bonds. The molecule has 0 saturated heterocycles. The van der Waals surface area contributed by atoms with Crippen molar-refractivity contribution in [3.05, 3.63) is 33.7 Å². The number of aliphatic carboxylic acids is 2. The molecular formula is C11H11N3O5S. The van der Waals surface area contributed by atoms with Crippen molar-refractivity contribution < 1.29 is 19.8 Å². The van der Waals surface area contributed by atoms with Crippen LogP contribution in [0.2, 0.25) is 0 Å². The summed E-state index contributed by atoms with van der Waals surface area (Å²) >= 11 is 1.27. The summed E-state index contributed by atoms with van der Waals surface area (Å²) in [7, 11) is 0. The Kier molecular flexibility index (Phi) is 4.11. The van der Waals surface area contributed by atoms with Gasteiger partial charge in [-0.3, -0.25) is 23.7 Å². The molecular weight excluding hydrogens is 286 g/mol. The highest BCUT2D eigenvalue weighted by Crippen LogP contribution is 2.08. The van der Waals surface area contributed by atoms with E-state index in [0.717, 1.165) is 0 Å². The Morgan fingerprint density at radius 3 is 2.55 bits per heavy atom. The standard InChI is InChI=1S/C11H11N3O5S/c15-8-3-7(12-11-14(8)1-2-20-11)4-13(5-9(16)17)6-10(18)19/h1-3H,4-6H2,(H,16,17)(H,18,19). The summed E-state index contributed by atoms with van der Waals surface area (Å²) < 4.78 is 1.37. The summed E-state index contributed by atoms with van der Waals surface area (Å²) in [5.41, 5.74) is 0.0665. The molecule has 0 bridgehead atoms. The summed E-state index contributed by atoms with van der Waals surface area (Å²) in [6.45, 7) is -0.877. The maximum Gasteiger partial charge on any atom is 0.317 e. The number of carbonyl (C=O) groups is 2. The highest BCUT2D eigenvalue weighted by atomic mass is 32.1. The fourth-order valence-corrected chi connectivity index (χ4v) is 2.49. The Labute approximate surface area is 116 Å². The molecule has 0 aliphatic rings. The molecule has 2 heterocycles. The first-order chi connectivity index (χ1) is 9.45. The molecule has 2 rings (SSSR count). The second-order valence-electron chi connectivity index (χ2n) is 4.07. The van der Waals surface area contributed by atoms with Crippen LogP contribution >= 0.6 is 11.3 Å². The second kappa shape index (κ2) is 5.80. The molecule has 0 spiro atoms. The average Bonchev–Trinajstić information content (AvgIpc) is 2.75. The highest BCUT2D eigenvalue weighted by Gasteiger charge is 2.15. The lowest BCUT2D eigenvalue weighted by atomic mass is 10.3. The molecule has 2 N–H and O–H groups in total. The molecule has 20 heavy (non-hydrogen) atoms. The van der Waals surface area contributed by atoms with Gasteiger partial charge < -0.3 is 10.2 Å². The van der Waals surface area contributed by atoms with Crippen LogP contribution in [0, 0.1) is 0 Å². The van der Waals surface area contributed by atoms with Crippen LogP contribution in [-0.4, -0.2) is 49.5 Å².